The van der Waals surface area contributed by atoms with Gasteiger partial charge in [0.15, 0.2) is 0 Å². The van der Waals surface area contributed by atoms with Gasteiger partial charge in [-0.1, -0.05) is 20.8 Å². The molecule has 1 aliphatic rings. The zero-order valence-electron chi connectivity index (χ0n) is 6.78. The van der Waals surface area contributed by atoms with Crippen molar-refractivity contribution in [2.45, 2.75) is 27.2 Å². The minimum absolute atomic E-state index is 0.549. The fourth-order valence-corrected chi connectivity index (χ4v) is 1.54. The van der Waals surface area contributed by atoms with Crippen LogP contribution < -0.4 is 5.32 Å². The summed E-state index contributed by atoms with van der Waals surface area (Å²) in [5, 5.41) is 2.43. The Bertz CT molecular complexity index is 85.2. The van der Waals surface area contributed by atoms with Crippen LogP contribution in [0.2, 0.25) is 0 Å². The Morgan fingerprint density at radius 3 is 2.22 bits per heavy atom. The van der Waals surface area contributed by atoms with Crippen molar-refractivity contribution in [3.05, 3.63) is 0 Å². The molecule has 1 heterocycles. The second-order valence-corrected chi connectivity index (χ2v) is 4.16. The molecule has 1 aliphatic heterocycles. The molecule has 0 aromatic carbocycles. The van der Waals surface area contributed by atoms with E-state index in [0.29, 0.717) is 5.41 Å². The van der Waals surface area contributed by atoms with E-state index in [2.05, 4.69) is 26.1 Å². The standard InChI is InChI=1S/C8H17N/c1-8(2,3)7-4-5-9-6-7/h7,9H,4-6H2,1-3H3/p+1. The maximum Gasteiger partial charge on any atom is 0.0791 e. The average Bonchev–Trinajstić information content (AvgIpc) is 2.08. The molecule has 0 spiro atoms. The minimum atomic E-state index is 0.549. The minimum Gasteiger partial charge on any atom is -0.346 e. The van der Waals surface area contributed by atoms with Crippen molar-refractivity contribution in [1.29, 1.82) is 0 Å². The Labute approximate surface area is 57.8 Å². The van der Waals surface area contributed by atoms with Crippen molar-refractivity contribution in [2.24, 2.45) is 11.3 Å². The highest BCUT2D eigenvalue weighted by Gasteiger charge is 2.29. The molecule has 0 aromatic heterocycles. The largest absolute Gasteiger partial charge is 0.346 e. The molecule has 1 atom stereocenters. The van der Waals surface area contributed by atoms with E-state index in [4.69, 9.17) is 0 Å². The summed E-state index contributed by atoms with van der Waals surface area (Å²) in [4.78, 5) is 0. The first kappa shape index (κ1) is 7.07. The van der Waals surface area contributed by atoms with E-state index >= 15 is 0 Å². The van der Waals surface area contributed by atoms with E-state index in [1.807, 2.05) is 0 Å². The topological polar surface area (TPSA) is 16.6 Å². The zero-order chi connectivity index (χ0) is 6.91. The zero-order valence-corrected chi connectivity index (χ0v) is 6.78. The van der Waals surface area contributed by atoms with Crippen LogP contribution in [0.25, 0.3) is 0 Å². The van der Waals surface area contributed by atoms with E-state index in [0.717, 1.165) is 5.92 Å². The molecule has 2 N–H and O–H groups in total. The van der Waals surface area contributed by atoms with Crippen molar-refractivity contribution in [3.63, 3.8) is 0 Å². The van der Waals surface area contributed by atoms with Gasteiger partial charge in [-0.05, 0) is 5.41 Å². The van der Waals surface area contributed by atoms with Crippen LogP contribution in [0.1, 0.15) is 27.2 Å². The fraction of sp³-hybridized carbons (Fsp3) is 1.00. The third kappa shape index (κ3) is 1.68. The van der Waals surface area contributed by atoms with Crippen LogP contribution in [0.3, 0.4) is 0 Å². The molecule has 9 heavy (non-hydrogen) atoms. The van der Waals surface area contributed by atoms with Crippen LogP contribution in [-0.2, 0) is 0 Å². The van der Waals surface area contributed by atoms with E-state index < -0.39 is 0 Å². The molecule has 1 heteroatoms. The first-order chi connectivity index (χ1) is 4.11. The highest BCUT2D eigenvalue weighted by atomic mass is 14.9. The lowest BCUT2D eigenvalue weighted by Crippen LogP contribution is -2.81. The smallest absolute Gasteiger partial charge is 0.0791 e. The van der Waals surface area contributed by atoms with Gasteiger partial charge in [0, 0.05) is 12.3 Å². The maximum absolute atomic E-state index is 2.43. The Morgan fingerprint density at radius 1 is 1.33 bits per heavy atom. The molecule has 1 rings (SSSR count). The molecular weight excluding hydrogens is 110 g/mol. The molecular formula is C8H18N+. The molecule has 54 valence electrons. The molecule has 1 unspecified atom stereocenters. The summed E-state index contributed by atoms with van der Waals surface area (Å²) < 4.78 is 0. The van der Waals surface area contributed by atoms with Gasteiger partial charge in [0.05, 0.1) is 13.1 Å². The second kappa shape index (κ2) is 2.30. The normalized spacial score (nSPS) is 29.0. The lowest BCUT2D eigenvalue weighted by Gasteiger charge is -2.23. The Kier molecular flexibility index (Phi) is 1.80. The monoisotopic (exact) mass is 128 g/mol. The average molecular weight is 128 g/mol. The molecule has 1 nitrogen and oxygen atoms in total. The van der Waals surface area contributed by atoms with Crippen LogP contribution in [-0.4, -0.2) is 13.1 Å². The van der Waals surface area contributed by atoms with Gasteiger partial charge in [-0.3, -0.25) is 0 Å². The van der Waals surface area contributed by atoms with Crippen molar-refractivity contribution in [3.8, 4) is 0 Å². The SMILES string of the molecule is CC(C)(C)C1CC[NH2+]C1. The Balaban J connectivity index is 2.42. The summed E-state index contributed by atoms with van der Waals surface area (Å²) in [6.45, 7) is 9.73. The van der Waals surface area contributed by atoms with Crippen molar-refractivity contribution in [2.75, 3.05) is 13.1 Å². The summed E-state index contributed by atoms with van der Waals surface area (Å²) >= 11 is 0. The summed E-state index contributed by atoms with van der Waals surface area (Å²) in [7, 11) is 0. The lowest BCUT2D eigenvalue weighted by molar-refractivity contribution is -0.639. The van der Waals surface area contributed by atoms with Crippen LogP contribution in [0.5, 0.6) is 0 Å². The highest BCUT2D eigenvalue weighted by Crippen LogP contribution is 2.27. The Morgan fingerprint density at radius 2 is 2.00 bits per heavy atom. The van der Waals surface area contributed by atoms with Crippen molar-refractivity contribution >= 4 is 0 Å². The number of hydrogen-bond acceptors (Lipinski definition) is 0. The van der Waals surface area contributed by atoms with E-state index in [-0.39, 0.29) is 0 Å². The van der Waals surface area contributed by atoms with Gasteiger partial charge in [-0.15, -0.1) is 0 Å². The molecule has 1 saturated heterocycles. The van der Waals surface area contributed by atoms with Gasteiger partial charge in [0.1, 0.15) is 0 Å². The molecule has 0 radical (unpaired) electrons. The predicted molar refractivity (Wildman–Crippen MR) is 39.2 cm³/mol. The third-order valence-electron chi connectivity index (χ3n) is 2.40. The van der Waals surface area contributed by atoms with Crippen molar-refractivity contribution < 1.29 is 5.32 Å². The molecule has 0 aliphatic carbocycles. The molecule has 1 fully saturated rings. The molecule has 0 saturated carbocycles. The van der Waals surface area contributed by atoms with Crippen LogP contribution in [0, 0.1) is 11.3 Å². The second-order valence-electron chi connectivity index (χ2n) is 4.16. The van der Waals surface area contributed by atoms with Crippen LogP contribution in [0.15, 0.2) is 0 Å². The van der Waals surface area contributed by atoms with E-state index in [1.165, 1.54) is 19.5 Å². The van der Waals surface area contributed by atoms with Gasteiger partial charge in [-0.25, -0.2) is 0 Å². The predicted octanol–water partition coefficient (Wildman–Crippen LogP) is 0.616. The lowest BCUT2D eigenvalue weighted by atomic mass is 9.80. The number of quaternary nitrogens is 1. The third-order valence-corrected chi connectivity index (χ3v) is 2.40. The highest BCUT2D eigenvalue weighted by molar-refractivity contribution is 4.74. The first-order valence-corrected chi connectivity index (χ1v) is 3.92. The van der Waals surface area contributed by atoms with E-state index in [9.17, 15) is 0 Å². The molecule has 0 amide bonds. The van der Waals surface area contributed by atoms with Gasteiger partial charge >= 0.3 is 0 Å². The summed E-state index contributed by atoms with van der Waals surface area (Å²) in [6, 6.07) is 0. The Hall–Kier alpha value is -0.0400. The van der Waals surface area contributed by atoms with Gasteiger partial charge in [0.2, 0.25) is 0 Å². The maximum atomic E-state index is 2.43. The number of rotatable bonds is 0. The van der Waals surface area contributed by atoms with E-state index in [1.54, 1.807) is 0 Å². The number of nitrogens with two attached hydrogens (primary N) is 1. The molecule has 0 bridgehead atoms. The van der Waals surface area contributed by atoms with Crippen LogP contribution >= 0.6 is 0 Å². The fourth-order valence-electron chi connectivity index (χ4n) is 1.54. The summed E-state index contributed by atoms with van der Waals surface area (Å²) in [5.41, 5.74) is 0.549. The summed E-state index contributed by atoms with van der Waals surface area (Å²) in [5.74, 6) is 0.956. The number of hydrogen-bond donors (Lipinski definition) is 1. The quantitative estimate of drug-likeness (QED) is 0.492. The van der Waals surface area contributed by atoms with Gasteiger partial charge in [-0.2, -0.15) is 0 Å². The first-order valence-electron chi connectivity index (χ1n) is 3.92. The van der Waals surface area contributed by atoms with Crippen molar-refractivity contribution in [1.82, 2.24) is 0 Å². The van der Waals surface area contributed by atoms with Gasteiger partial charge in [0.25, 0.3) is 0 Å². The summed E-state index contributed by atoms with van der Waals surface area (Å²) in [6.07, 6.45) is 1.42. The van der Waals surface area contributed by atoms with Gasteiger partial charge < -0.3 is 5.32 Å². The molecule has 0 aromatic rings. The van der Waals surface area contributed by atoms with Crippen LogP contribution in [0.4, 0.5) is 0 Å².